The lowest BCUT2D eigenvalue weighted by molar-refractivity contribution is 0.711. The van der Waals surface area contributed by atoms with Crippen LogP contribution >= 0.6 is 0 Å². The monoisotopic (exact) mass is 240 g/mol. The molecule has 0 aliphatic heterocycles. The zero-order valence-electron chi connectivity index (χ0n) is 11.2. The molecule has 2 aromatic rings. The van der Waals surface area contributed by atoms with Crippen LogP contribution in [0.3, 0.4) is 0 Å². The lowest BCUT2D eigenvalue weighted by Crippen LogP contribution is -1.94. The number of hydrogen-bond donors (Lipinski definition) is 0. The fourth-order valence-corrected chi connectivity index (χ4v) is 2.08. The van der Waals surface area contributed by atoms with Crippen LogP contribution in [-0.4, -0.2) is 9.97 Å². The Morgan fingerprint density at radius 2 is 1.22 bits per heavy atom. The predicted molar refractivity (Wildman–Crippen MR) is 74.6 cm³/mol. The second kappa shape index (κ2) is 6.29. The first-order valence-electron chi connectivity index (χ1n) is 6.57. The van der Waals surface area contributed by atoms with Crippen molar-refractivity contribution in [1.82, 2.24) is 9.97 Å². The summed E-state index contributed by atoms with van der Waals surface area (Å²) in [4.78, 5) is 8.77. The minimum absolute atomic E-state index is 1.06. The lowest BCUT2D eigenvalue weighted by atomic mass is 10.1. The molecule has 0 unspecified atom stereocenters. The summed E-state index contributed by atoms with van der Waals surface area (Å²) in [5, 5.41) is 0. The van der Waals surface area contributed by atoms with Gasteiger partial charge in [0, 0.05) is 23.8 Å². The van der Waals surface area contributed by atoms with Gasteiger partial charge in [-0.15, -0.1) is 0 Å². The van der Waals surface area contributed by atoms with Crippen molar-refractivity contribution < 1.29 is 0 Å². The zero-order chi connectivity index (χ0) is 12.8. The molecule has 0 fully saturated rings. The van der Waals surface area contributed by atoms with Gasteiger partial charge in [0.15, 0.2) is 0 Å². The number of aromatic nitrogens is 2. The summed E-state index contributed by atoms with van der Waals surface area (Å²) in [7, 11) is 0. The largest absolute Gasteiger partial charge is 0.261 e. The van der Waals surface area contributed by atoms with Crippen LogP contribution in [0.4, 0.5) is 0 Å². The molecule has 0 saturated heterocycles. The van der Waals surface area contributed by atoms with E-state index in [0.29, 0.717) is 0 Å². The number of hydrogen-bond acceptors (Lipinski definition) is 2. The fraction of sp³-hybridized carbons (Fsp3) is 0.375. The molecule has 2 heteroatoms. The van der Waals surface area contributed by atoms with E-state index in [4.69, 9.17) is 0 Å². The van der Waals surface area contributed by atoms with Gasteiger partial charge in [0.25, 0.3) is 0 Å². The number of rotatable bonds is 5. The highest BCUT2D eigenvalue weighted by molar-refractivity contribution is 5.15. The Morgan fingerprint density at radius 3 is 1.61 bits per heavy atom. The molecular weight excluding hydrogens is 220 g/mol. The third kappa shape index (κ3) is 3.95. The van der Waals surface area contributed by atoms with E-state index < -0.39 is 0 Å². The van der Waals surface area contributed by atoms with Crippen LogP contribution < -0.4 is 0 Å². The van der Waals surface area contributed by atoms with Crippen LogP contribution in [0.1, 0.15) is 35.4 Å². The maximum atomic E-state index is 4.38. The van der Waals surface area contributed by atoms with Gasteiger partial charge in [-0.2, -0.15) is 0 Å². The van der Waals surface area contributed by atoms with Crippen LogP contribution in [0, 0.1) is 13.8 Å². The maximum absolute atomic E-state index is 4.38. The molecule has 0 atom stereocenters. The Balaban J connectivity index is 1.76. The lowest BCUT2D eigenvalue weighted by Gasteiger charge is -2.03. The van der Waals surface area contributed by atoms with Crippen molar-refractivity contribution >= 4 is 0 Å². The van der Waals surface area contributed by atoms with Crippen LogP contribution in [0.25, 0.3) is 0 Å². The van der Waals surface area contributed by atoms with Gasteiger partial charge < -0.3 is 0 Å². The summed E-state index contributed by atoms with van der Waals surface area (Å²) < 4.78 is 0. The van der Waals surface area contributed by atoms with Crippen molar-refractivity contribution in [2.75, 3.05) is 0 Å². The van der Waals surface area contributed by atoms with E-state index in [-0.39, 0.29) is 0 Å². The zero-order valence-corrected chi connectivity index (χ0v) is 11.2. The standard InChI is InChI=1S/C16H20N2/c1-13-7-9-17-15(11-13)5-3-4-6-16-12-14(2)8-10-18-16/h7-12H,3-6H2,1-2H3. The number of unbranched alkanes of at least 4 members (excludes halogenated alkanes) is 1. The molecule has 0 aromatic carbocycles. The molecule has 2 rings (SSSR count). The molecule has 0 amide bonds. The maximum Gasteiger partial charge on any atom is 0.0406 e. The summed E-state index contributed by atoms with van der Waals surface area (Å²) in [6.45, 7) is 4.23. The van der Waals surface area contributed by atoms with E-state index in [1.165, 1.54) is 35.4 Å². The molecule has 2 nitrogen and oxygen atoms in total. The van der Waals surface area contributed by atoms with E-state index in [9.17, 15) is 0 Å². The minimum atomic E-state index is 1.06. The molecular formula is C16H20N2. The molecule has 0 aliphatic rings. The van der Waals surface area contributed by atoms with Gasteiger partial charge in [0.2, 0.25) is 0 Å². The van der Waals surface area contributed by atoms with Crippen molar-refractivity contribution in [3.63, 3.8) is 0 Å². The summed E-state index contributed by atoms with van der Waals surface area (Å²) >= 11 is 0. The van der Waals surface area contributed by atoms with Crippen LogP contribution in [0.2, 0.25) is 0 Å². The van der Waals surface area contributed by atoms with E-state index in [1.807, 2.05) is 24.5 Å². The Labute approximate surface area is 109 Å². The fourth-order valence-electron chi connectivity index (χ4n) is 2.08. The van der Waals surface area contributed by atoms with E-state index in [1.54, 1.807) is 0 Å². The van der Waals surface area contributed by atoms with Crippen molar-refractivity contribution in [2.45, 2.75) is 39.5 Å². The number of aryl methyl sites for hydroxylation is 4. The van der Waals surface area contributed by atoms with Crippen molar-refractivity contribution in [3.8, 4) is 0 Å². The molecule has 0 bridgehead atoms. The molecule has 0 spiro atoms. The highest BCUT2D eigenvalue weighted by atomic mass is 14.7. The Morgan fingerprint density at radius 1 is 0.778 bits per heavy atom. The molecule has 94 valence electrons. The van der Waals surface area contributed by atoms with E-state index in [2.05, 4.69) is 35.9 Å². The van der Waals surface area contributed by atoms with Gasteiger partial charge in [-0.3, -0.25) is 9.97 Å². The molecule has 0 radical (unpaired) electrons. The van der Waals surface area contributed by atoms with Gasteiger partial charge in [-0.25, -0.2) is 0 Å². The molecule has 18 heavy (non-hydrogen) atoms. The third-order valence-corrected chi connectivity index (χ3v) is 3.06. The third-order valence-electron chi connectivity index (χ3n) is 3.06. The highest BCUT2D eigenvalue weighted by Crippen LogP contribution is 2.08. The topological polar surface area (TPSA) is 25.8 Å². The number of nitrogens with zero attached hydrogens (tertiary/aromatic N) is 2. The molecule has 0 aliphatic carbocycles. The SMILES string of the molecule is Cc1ccnc(CCCCc2cc(C)ccn2)c1. The summed E-state index contributed by atoms with van der Waals surface area (Å²) in [6.07, 6.45) is 8.26. The van der Waals surface area contributed by atoms with Crippen molar-refractivity contribution in [3.05, 3.63) is 59.2 Å². The summed E-state index contributed by atoms with van der Waals surface area (Å²) in [6, 6.07) is 8.43. The summed E-state index contributed by atoms with van der Waals surface area (Å²) in [5.41, 5.74) is 4.99. The second-order valence-corrected chi connectivity index (χ2v) is 4.86. The predicted octanol–water partition coefficient (Wildman–Crippen LogP) is 3.66. The summed E-state index contributed by atoms with van der Waals surface area (Å²) in [5.74, 6) is 0. The van der Waals surface area contributed by atoms with Gasteiger partial charge >= 0.3 is 0 Å². The first-order chi connectivity index (χ1) is 8.74. The van der Waals surface area contributed by atoms with Crippen molar-refractivity contribution in [2.24, 2.45) is 0 Å². The first kappa shape index (κ1) is 12.7. The molecule has 0 saturated carbocycles. The average Bonchev–Trinajstić information content (AvgIpc) is 2.35. The van der Waals surface area contributed by atoms with Crippen LogP contribution in [0.15, 0.2) is 36.7 Å². The molecule has 2 heterocycles. The first-order valence-corrected chi connectivity index (χ1v) is 6.57. The Kier molecular flexibility index (Phi) is 4.46. The van der Waals surface area contributed by atoms with Gasteiger partial charge in [0.1, 0.15) is 0 Å². The Hall–Kier alpha value is -1.70. The quantitative estimate of drug-likeness (QED) is 0.745. The molecule has 2 aromatic heterocycles. The molecule has 0 N–H and O–H groups in total. The van der Waals surface area contributed by atoms with Gasteiger partial charge in [-0.05, 0) is 74.9 Å². The Bertz CT molecular complexity index is 458. The smallest absolute Gasteiger partial charge is 0.0406 e. The average molecular weight is 240 g/mol. The number of pyridine rings is 2. The second-order valence-electron chi connectivity index (χ2n) is 4.86. The minimum Gasteiger partial charge on any atom is -0.261 e. The van der Waals surface area contributed by atoms with Crippen LogP contribution in [-0.2, 0) is 12.8 Å². The van der Waals surface area contributed by atoms with E-state index >= 15 is 0 Å². The normalized spacial score (nSPS) is 10.6. The van der Waals surface area contributed by atoms with Gasteiger partial charge in [-0.1, -0.05) is 0 Å². The van der Waals surface area contributed by atoms with Gasteiger partial charge in [0.05, 0.1) is 0 Å². The highest BCUT2D eigenvalue weighted by Gasteiger charge is 1.98. The van der Waals surface area contributed by atoms with Crippen molar-refractivity contribution in [1.29, 1.82) is 0 Å². The van der Waals surface area contributed by atoms with E-state index in [0.717, 1.165) is 12.8 Å². The van der Waals surface area contributed by atoms with Crippen LogP contribution in [0.5, 0.6) is 0 Å².